The van der Waals surface area contributed by atoms with E-state index in [9.17, 15) is 4.79 Å². The van der Waals surface area contributed by atoms with Crippen molar-refractivity contribution < 1.29 is 4.79 Å². The van der Waals surface area contributed by atoms with Crippen LogP contribution in [-0.2, 0) is 6.54 Å². The van der Waals surface area contributed by atoms with E-state index in [0.29, 0.717) is 16.1 Å². The van der Waals surface area contributed by atoms with E-state index in [1.54, 1.807) is 0 Å². The van der Waals surface area contributed by atoms with E-state index in [2.05, 4.69) is 35.9 Å². The van der Waals surface area contributed by atoms with Gasteiger partial charge >= 0.3 is 0 Å². The predicted octanol–water partition coefficient (Wildman–Crippen LogP) is 1.62. The summed E-state index contributed by atoms with van der Waals surface area (Å²) in [6.45, 7) is 7.75. The Bertz CT molecular complexity index is 425. The van der Waals surface area contributed by atoms with Crippen LogP contribution in [0.2, 0.25) is 0 Å². The van der Waals surface area contributed by atoms with Crippen molar-refractivity contribution in [3.63, 3.8) is 0 Å². The molecule has 19 heavy (non-hydrogen) atoms. The first-order chi connectivity index (χ1) is 9.08. The Kier molecular flexibility index (Phi) is 4.85. The third-order valence-electron chi connectivity index (χ3n) is 3.25. The van der Waals surface area contributed by atoms with E-state index in [1.807, 2.05) is 24.3 Å². The van der Waals surface area contributed by atoms with Gasteiger partial charge in [-0.2, -0.15) is 11.8 Å². The Morgan fingerprint density at radius 2 is 1.89 bits per heavy atom. The van der Waals surface area contributed by atoms with E-state index in [4.69, 9.17) is 5.84 Å². The molecule has 1 aliphatic heterocycles. The van der Waals surface area contributed by atoms with Crippen LogP contribution in [0.25, 0.3) is 0 Å². The van der Waals surface area contributed by atoms with Crippen molar-refractivity contribution in [3.05, 3.63) is 35.4 Å². The lowest BCUT2D eigenvalue weighted by Gasteiger charge is -2.34. The van der Waals surface area contributed by atoms with Crippen molar-refractivity contribution in [2.75, 3.05) is 13.1 Å². The third kappa shape index (κ3) is 3.96. The zero-order valence-corrected chi connectivity index (χ0v) is 12.2. The molecule has 1 saturated heterocycles. The number of carbonyl (C=O) groups is 1. The molecule has 0 aromatic heterocycles. The van der Waals surface area contributed by atoms with Gasteiger partial charge in [0.15, 0.2) is 0 Å². The minimum Gasteiger partial charge on any atom is -0.297 e. The number of nitrogens with zero attached hydrogens (tertiary/aromatic N) is 1. The minimum atomic E-state index is -0.247. The molecule has 1 fully saturated rings. The quantitative estimate of drug-likeness (QED) is 0.501. The van der Waals surface area contributed by atoms with Gasteiger partial charge in [-0.15, -0.1) is 0 Å². The van der Waals surface area contributed by atoms with E-state index >= 15 is 0 Å². The fraction of sp³-hybridized carbons (Fsp3) is 0.500. The maximum atomic E-state index is 11.4. The van der Waals surface area contributed by atoms with Crippen LogP contribution in [0.1, 0.15) is 29.8 Å². The molecule has 1 amide bonds. The summed E-state index contributed by atoms with van der Waals surface area (Å²) in [6.07, 6.45) is 0. The summed E-state index contributed by atoms with van der Waals surface area (Å²) < 4.78 is 0. The van der Waals surface area contributed by atoms with Crippen LogP contribution in [0, 0.1) is 0 Å². The average Bonchev–Trinajstić information content (AvgIpc) is 2.37. The summed E-state index contributed by atoms with van der Waals surface area (Å²) in [5, 5.41) is 1.37. The minimum absolute atomic E-state index is 0.247. The van der Waals surface area contributed by atoms with E-state index in [-0.39, 0.29) is 5.91 Å². The van der Waals surface area contributed by atoms with Crippen molar-refractivity contribution in [2.24, 2.45) is 5.84 Å². The lowest BCUT2D eigenvalue weighted by Crippen LogP contribution is -2.39. The molecule has 4 nitrogen and oxygen atoms in total. The topological polar surface area (TPSA) is 58.4 Å². The largest absolute Gasteiger partial charge is 0.297 e. The van der Waals surface area contributed by atoms with Gasteiger partial charge < -0.3 is 0 Å². The van der Waals surface area contributed by atoms with E-state index in [1.165, 1.54) is 5.56 Å². The van der Waals surface area contributed by atoms with E-state index < -0.39 is 0 Å². The standard InChI is InChI=1S/C14H21N3OS/c1-10-7-17(8-11(2)19-10)9-12-3-5-13(6-4-12)14(18)16-15/h3-6,10-11H,7-9,15H2,1-2H3,(H,16,18). The SMILES string of the molecule is CC1CN(Cc2ccc(C(=O)NN)cc2)CC(C)S1. The number of carbonyl (C=O) groups excluding carboxylic acids is 1. The highest BCUT2D eigenvalue weighted by Crippen LogP contribution is 2.25. The number of rotatable bonds is 3. The second kappa shape index (κ2) is 6.41. The maximum Gasteiger partial charge on any atom is 0.265 e. The van der Waals surface area contributed by atoms with Crippen LogP contribution >= 0.6 is 11.8 Å². The molecule has 1 aromatic carbocycles. The van der Waals surface area contributed by atoms with Gasteiger partial charge in [-0.1, -0.05) is 26.0 Å². The van der Waals surface area contributed by atoms with Gasteiger partial charge in [-0.05, 0) is 17.7 Å². The molecule has 1 aliphatic rings. The Morgan fingerprint density at radius 1 is 1.32 bits per heavy atom. The van der Waals surface area contributed by atoms with E-state index in [0.717, 1.165) is 19.6 Å². The normalized spacial score (nSPS) is 24.2. The number of thioether (sulfide) groups is 1. The fourth-order valence-electron chi connectivity index (χ4n) is 2.52. The average molecular weight is 279 g/mol. The molecule has 5 heteroatoms. The van der Waals surface area contributed by atoms with Crippen LogP contribution in [0.4, 0.5) is 0 Å². The van der Waals surface area contributed by atoms with Gasteiger partial charge in [0, 0.05) is 35.7 Å². The highest BCUT2D eigenvalue weighted by atomic mass is 32.2. The number of hydrogen-bond donors (Lipinski definition) is 2. The zero-order chi connectivity index (χ0) is 13.8. The first-order valence-corrected chi connectivity index (χ1v) is 7.50. The lowest BCUT2D eigenvalue weighted by molar-refractivity contribution is 0.0953. The molecule has 1 heterocycles. The monoisotopic (exact) mass is 279 g/mol. The van der Waals surface area contributed by atoms with Crippen molar-refractivity contribution in [3.8, 4) is 0 Å². The summed E-state index contributed by atoms with van der Waals surface area (Å²) in [5.41, 5.74) is 3.98. The molecule has 2 unspecified atom stereocenters. The first kappa shape index (κ1) is 14.4. The molecular weight excluding hydrogens is 258 g/mol. The summed E-state index contributed by atoms with van der Waals surface area (Å²) in [7, 11) is 0. The van der Waals surface area contributed by atoms with Gasteiger partial charge in [0.25, 0.3) is 5.91 Å². The Labute approximate surface area is 118 Å². The smallest absolute Gasteiger partial charge is 0.265 e. The van der Waals surface area contributed by atoms with Crippen LogP contribution in [0.5, 0.6) is 0 Å². The molecule has 2 rings (SSSR count). The predicted molar refractivity (Wildman–Crippen MR) is 79.9 cm³/mol. The van der Waals surface area contributed by atoms with Gasteiger partial charge in [-0.25, -0.2) is 5.84 Å². The summed E-state index contributed by atoms with van der Waals surface area (Å²) in [5.74, 6) is 4.86. The molecule has 0 radical (unpaired) electrons. The van der Waals surface area contributed by atoms with Crippen LogP contribution in [-0.4, -0.2) is 34.4 Å². The fourth-order valence-corrected chi connectivity index (χ4v) is 3.90. The van der Waals surface area contributed by atoms with Gasteiger partial charge in [-0.3, -0.25) is 15.1 Å². The Morgan fingerprint density at radius 3 is 2.42 bits per heavy atom. The molecule has 2 atom stereocenters. The molecule has 0 aliphatic carbocycles. The van der Waals surface area contributed by atoms with Crippen molar-refractivity contribution in [1.29, 1.82) is 0 Å². The third-order valence-corrected chi connectivity index (χ3v) is 4.48. The van der Waals surface area contributed by atoms with Crippen molar-refractivity contribution in [1.82, 2.24) is 10.3 Å². The molecular formula is C14H21N3OS. The number of hydrazine groups is 1. The van der Waals surface area contributed by atoms with Gasteiger partial charge in [0.2, 0.25) is 0 Å². The molecule has 104 valence electrons. The number of nitrogen functional groups attached to an aromatic ring is 1. The summed E-state index contributed by atoms with van der Waals surface area (Å²) in [6, 6.07) is 7.65. The number of nitrogens with one attached hydrogen (secondary N) is 1. The molecule has 3 N–H and O–H groups in total. The van der Waals surface area contributed by atoms with Crippen LogP contribution in [0.3, 0.4) is 0 Å². The Balaban J connectivity index is 1.97. The van der Waals surface area contributed by atoms with Crippen molar-refractivity contribution in [2.45, 2.75) is 30.9 Å². The summed E-state index contributed by atoms with van der Waals surface area (Å²) in [4.78, 5) is 13.8. The Hall–Kier alpha value is -1.04. The zero-order valence-electron chi connectivity index (χ0n) is 11.4. The highest BCUT2D eigenvalue weighted by molar-refractivity contribution is 8.00. The lowest BCUT2D eigenvalue weighted by atomic mass is 10.1. The molecule has 0 saturated carbocycles. The first-order valence-electron chi connectivity index (χ1n) is 6.56. The molecule has 1 aromatic rings. The van der Waals surface area contributed by atoms with Gasteiger partial charge in [0.1, 0.15) is 0 Å². The second-order valence-corrected chi connectivity index (χ2v) is 7.00. The molecule has 0 bridgehead atoms. The highest BCUT2D eigenvalue weighted by Gasteiger charge is 2.22. The van der Waals surface area contributed by atoms with Crippen LogP contribution in [0.15, 0.2) is 24.3 Å². The number of hydrogen-bond acceptors (Lipinski definition) is 4. The second-order valence-electron chi connectivity index (χ2n) is 5.12. The number of benzene rings is 1. The number of amides is 1. The number of nitrogens with two attached hydrogens (primary N) is 1. The van der Waals surface area contributed by atoms with Gasteiger partial charge in [0.05, 0.1) is 0 Å². The molecule has 0 spiro atoms. The van der Waals surface area contributed by atoms with Crippen molar-refractivity contribution >= 4 is 17.7 Å². The maximum absolute atomic E-state index is 11.4. The summed E-state index contributed by atoms with van der Waals surface area (Å²) >= 11 is 2.06. The van der Waals surface area contributed by atoms with Crippen LogP contribution < -0.4 is 11.3 Å².